The van der Waals surface area contributed by atoms with Crippen LogP contribution in [-0.4, -0.2) is 24.8 Å². The highest BCUT2D eigenvalue weighted by molar-refractivity contribution is 5.72. The number of allylic oxidation sites excluding steroid dienone is 2. The number of esters is 1. The average Bonchev–Trinajstić information content (AvgIpc) is 2.53. The molecule has 0 aromatic heterocycles. The number of carbonyl (C=O) groups excluding carboxylic acids is 1. The van der Waals surface area contributed by atoms with E-state index < -0.39 is 0 Å². The molecule has 3 unspecified atom stereocenters. The van der Waals surface area contributed by atoms with Gasteiger partial charge < -0.3 is 4.74 Å². The van der Waals surface area contributed by atoms with Gasteiger partial charge in [0.15, 0.2) is 0 Å². The molecule has 0 bridgehead atoms. The molecule has 0 spiro atoms. The second kappa shape index (κ2) is 7.57. The quantitative estimate of drug-likeness (QED) is 0.403. The van der Waals surface area contributed by atoms with Gasteiger partial charge in [-0.25, -0.2) is 9.78 Å². The molecule has 4 heteroatoms. The van der Waals surface area contributed by atoms with Crippen molar-refractivity contribution in [2.24, 2.45) is 11.3 Å². The van der Waals surface area contributed by atoms with Crippen LogP contribution in [0.25, 0.3) is 0 Å². The highest BCUT2D eigenvalue weighted by Gasteiger charge is 2.39. The lowest BCUT2D eigenvalue weighted by Gasteiger charge is -2.40. The summed E-state index contributed by atoms with van der Waals surface area (Å²) in [5.74, 6) is -0.529. The molecular weight excluding hydrogens is 304 g/mol. The van der Waals surface area contributed by atoms with E-state index in [1.807, 2.05) is 6.92 Å². The number of methoxy groups -OCH3 is 1. The van der Waals surface area contributed by atoms with Crippen molar-refractivity contribution in [2.45, 2.75) is 91.3 Å². The van der Waals surface area contributed by atoms with E-state index in [1.54, 1.807) is 11.1 Å². The molecule has 1 aliphatic heterocycles. The monoisotopic (exact) mass is 338 g/mol. The third-order valence-corrected chi connectivity index (χ3v) is 6.05. The zero-order valence-electron chi connectivity index (χ0n) is 16.2. The lowest BCUT2D eigenvalue weighted by molar-refractivity contribution is -0.411. The van der Waals surface area contributed by atoms with E-state index in [2.05, 4.69) is 27.7 Å². The van der Waals surface area contributed by atoms with Crippen LogP contribution < -0.4 is 0 Å². The van der Waals surface area contributed by atoms with E-state index in [0.29, 0.717) is 5.41 Å². The molecule has 0 radical (unpaired) electrons. The van der Waals surface area contributed by atoms with E-state index in [4.69, 9.17) is 14.5 Å². The maximum Gasteiger partial charge on any atom is 0.311 e. The third-order valence-electron chi connectivity index (χ3n) is 6.05. The molecule has 24 heavy (non-hydrogen) atoms. The number of ether oxygens (including phenoxy) is 1. The highest BCUT2D eigenvalue weighted by atomic mass is 17.2. The number of carbonyl (C=O) groups is 1. The van der Waals surface area contributed by atoms with Crippen LogP contribution in [0.15, 0.2) is 11.1 Å². The van der Waals surface area contributed by atoms with E-state index in [9.17, 15) is 4.79 Å². The number of hydrogen-bond donors (Lipinski definition) is 0. The first-order valence-corrected chi connectivity index (χ1v) is 9.30. The molecular formula is C20H34O4. The van der Waals surface area contributed by atoms with Gasteiger partial charge in [-0.2, -0.15) is 0 Å². The molecule has 0 amide bonds. The van der Waals surface area contributed by atoms with Gasteiger partial charge >= 0.3 is 5.97 Å². The SMILES string of the molecule is COC(=O)C(C)C1CCC(C)(CCC2=C(C)CCCC2(C)C)OO1. The van der Waals surface area contributed by atoms with Crippen LogP contribution in [-0.2, 0) is 19.3 Å². The molecule has 0 aromatic rings. The minimum absolute atomic E-state index is 0.211. The summed E-state index contributed by atoms with van der Waals surface area (Å²) >= 11 is 0. The minimum atomic E-state index is -0.290. The minimum Gasteiger partial charge on any atom is -0.469 e. The Morgan fingerprint density at radius 2 is 2.04 bits per heavy atom. The Hall–Kier alpha value is -0.870. The van der Waals surface area contributed by atoms with Gasteiger partial charge in [0, 0.05) is 0 Å². The van der Waals surface area contributed by atoms with Crippen molar-refractivity contribution in [3.05, 3.63) is 11.1 Å². The Kier molecular flexibility index (Phi) is 6.14. The van der Waals surface area contributed by atoms with Crippen molar-refractivity contribution in [1.82, 2.24) is 0 Å². The van der Waals surface area contributed by atoms with Gasteiger partial charge in [-0.15, -0.1) is 0 Å². The van der Waals surface area contributed by atoms with E-state index in [0.717, 1.165) is 25.7 Å². The maximum atomic E-state index is 11.6. The maximum absolute atomic E-state index is 11.6. The summed E-state index contributed by atoms with van der Waals surface area (Å²) in [7, 11) is 1.41. The van der Waals surface area contributed by atoms with Crippen molar-refractivity contribution in [1.29, 1.82) is 0 Å². The Balaban J connectivity index is 1.91. The van der Waals surface area contributed by atoms with Gasteiger partial charge in [-0.3, -0.25) is 4.79 Å². The van der Waals surface area contributed by atoms with Crippen LogP contribution in [0, 0.1) is 11.3 Å². The van der Waals surface area contributed by atoms with Crippen LogP contribution in [0.1, 0.15) is 79.6 Å². The fourth-order valence-electron chi connectivity index (χ4n) is 4.17. The molecule has 2 aliphatic rings. The van der Waals surface area contributed by atoms with E-state index in [-0.39, 0.29) is 23.6 Å². The molecule has 0 saturated carbocycles. The molecule has 4 nitrogen and oxygen atoms in total. The summed E-state index contributed by atoms with van der Waals surface area (Å²) in [6.07, 6.45) is 7.35. The van der Waals surface area contributed by atoms with E-state index in [1.165, 1.54) is 26.4 Å². The second-order valence-corrected chi connectivity index (χ2v) is 8.51. The van der Waals surface area contributed by atoms with Crippen LogP contribution in [0.3, 0.4) is 0 Å². The Morgan fingerprint density at radius 3 is 2.58 bits per heavy atom. The Labute approximate surface area is 146 Å². The van der Waals surface area contributed by atoms with Gasteiger partial charge in [-0.05, 0) is 71.1 Å². The van der Waals surface area contributed by atoms with Crippen LogP contribution in [0.4, 0.5) is 0 Å². The molecule has 0 N–H and O–H groups in total. The normalized spacial score (nSPS) is 31.7. The highest BCUT2D eigenvalue weighted by Crippen LogP contribution is 2.44. The summed E-state index contributed by atoms with van der Waals surface area (Å²) < 4.78 is 4.80. The Morgan fingerprint density at radius 1 is 1.33 bits per heavy atom. The molecule has 1 aliphatic carbocycles. The molecule has 3 atom stereocenters. The predicted molar refractivity (Wildman–Crippen MR) is 94.3 cm³/mol. The summed E-state index contributed by atoms with van der Waals surface area (Å²) in [6, 6.07) is 0. The first kappa shape index (κ1) is 19.5. The predicted octanol–water partition coefficient (Wildman–Crippen LogP) is 4.97. The standard InChI is InChI=1S/C20H34O4/c1-14-8-7-11-19(3,4)16(14)9-12-20(5)13-10-17(23-24-20)15(2)18(21)22-6/h15,17H,7-13H2,1-6H3. The van der Waals surface area contributed by atoms with E-state index >= 15 is 0 Å². The lowest BCUT2D eigenvalue weighted by Crippen LogP contribution is -2.42. The molecule has 1 fully saturated rings. The smallest absolute Gasteiger partial charge is 0.311 e. The number of rotatable bonds is 5. The largest absolute Gasteiger partial charge is 0.469 e. The van der Waals surface area contributed by atoms with Crippen LogP contribution in [0.5, 0.6) is 0 Å². The van der Waals surface area contributed by atoms with Crippen molar-refractivity contribution >= 4 is 5.97 Å². The zero-order chi connectivity index (χ0) is 18.0. The number of hydrogen-bond acceptors (Lipinski definition) is 4. The van der Waals surface area contributed by atoms with Crippen LogP contribution in [0.2, 0.25) is 0 Å². The second-order valence-electron chi connectivity index (χ2n) is 8.51. The van der Waals surface area contributed by atoms with Crippen LogP contribution >= 0.6 is 0 Å². The summed E-state index contributed by atoms with van der Waals surface area (Å²) in [5.41, 5.74) is 3.19. The summed E-state index contributed by atoms with van der Waals surface area (Å²) in [5, 5.41) is 0. The van der Waals surface area contributed by atoms with Gasteiger partial charge in [0.2, 0.25) is 0 Å². The fourth-order valence-corrected chi connectivity index (χ4v) is 4.17. The van der Waals surface area contributed by atoms with Crippen molar-refractivity contribution in [3.63, 3.8) is 0 Å². The molecule has 2 rings (SSSR count). The average molecular weight is 338 g/mol. The van der Waals surface area contributed by atoms with Crippen molar-refractivity contribution < 1.29 is 19.3 Å². The summed E-state index contributed by atoms with van der Waals surface area (Å²) in [6.45, 7) is 11.0. The van der Waals surface area contributed by atoms with Gasteiger partial charge in [0.1, 0.15) is 11.7 Å². The first-order chi connectivity index (χ1) is 11.2. The Bertz CT molecular complexity index is 484. The molecule has 0 aromatic carbocycles. The summed E-state index contributed by atoms with van der Waals surface area (Å²) in [4.78, 5) is 23.0. The van der Waals surface area contributed by atoms with Gasteiger partial charge in [0.25, 0.3) is 0 Å². The van der Waals surface area contributed by atoms with Gasteiger partial charge in [-0.1, -0.05) is 25.0 Å². The lowest BCUT2D eigenvalue weighted by atomic mass is 9.70. The molecule has 138 valence electrons. The third kappa shape index (κ3) is 4.40. The zero-order valence-corrected chi connectivity index (χ0v) is 16.2. The first-order valence-electron chi connectivity index (χ1n) is 9.30. The van der Waals surface area contributed by atoms with Gasteiger partial charge in [0.05, 0.1) is 13.0 Å². The van der Waals surface area contributed by atoms with Crippen molar-refractivity contribution in [2.75, 3.05) is 7.11 Å². The molecule has 1 saturated heterocycles. The van der Waals surface area contributed by atoms with Crippen molar-refractivity contribution in [3.8, 4) is 0 Å². The fraction of sp³-hybridized carbons (Fsp3) is 0.850. The topological polar surface area (TPSA) is 44.8 Å². The molecule has 1 heterocycles.